The Hall–Kier alpha value is -8.15. The van der Waals surface area contributed by atoms with E-state index in [9.17, 15) is 0 Å². The van der Waals surface area contributed by atoms with E-state index in [1.807, 2.05) is 0 Å². The van der Waals surface area contributed by atoms with Gasteiger partial charge in [0.15, 0.2) is 5.82 Å². The van der Waals surface area contributed by atoms with Gasteiger partial charge in [-0.2, -0.15) is 0 Å². The maximum atomic E-state index is 5.33. The van der Waals surface area contributed by atoms with Gasteiger partial charge in [0.25, 0.3) is 0 Å². The van der Waals surface area contributed by atoms with Crippen LogP contribution in [-0.2, 0) is 0 Å². The third-order valence-electron chi connectivity index (χ3n) is 11.5. The van der Waals surface area contributed by atoms with E-state index in [-0.39, 0.29) is 0 Å². The predicted octanol–water partition coefficient (Wildman–Crippen LogP) is 13.9. The van der Waals surface area contributed by atoms with Crippen LogP contribution in [0.15, 0.2) is 200 Å². The van der Waals surface area contributed by atoms with E-state index in [0.717, 1.165) is 94.2 Å². The molecule has 0 saturated carbocycles. The van der Waals surface area contributed by atoms with Gasteiger partial charge < -0.3 is 0 Å². The average molecular weight is 764 g/mol. The molecule has 0 aliphatic carbocycles. The Morgan fingerprint density at radius 3 is 1.12 bits per heavy atom. The Morgan fingerprint density at radius 2 is 0.600 bits per heavy atom. The highest BCUT2D eigenvalue weighted by Crippen LogP contribution is 2.35. The van der Waals surface area contributed by atoms with Gasteiger partial charge in [0.05, 0.1) is 45.2 Å². The normalized spacial score (nSPS) is 11.7. The van der Waals surface area contributed by atoms with E-state index in [2.05, 4.69) is 200 Å². The molecule has 0 aliphatic heterocycles. The van der Waals surface area contributed by atoms with E-state index in [0.29, 0.717) is 5.82 Å². The Bertz CT molecular complexity index is 3450. The van der Waals surface area contributed by atoms with Crippen LogP contribution >= 0.6 is 0 Å². The van der Waals surface area contributed by atoms with Crippen molar-refractivity contribution in [1.29, 1.82) is 0 Å². The molecule has 0 spiro atoms. The fraction of sp³-hybridized carbons (Fsp3) is 0. The van der Waals surface area contributed by atoms with E-state index in [1.54, 1.807) is 0 Å². The Morgan fingerprint density at radius 1 is 0.200 bits per heavy atom. The summed E-state index contributed by atoms with van der Waals surface area (Å²) in [6.07, 6.45) is 0. The van der Waals surface area contributed by atoms with Crippen LogP contribution < -0.4 is 0 Å². The third kappa shape index (κ3) is 6.08. The lowest BCUT2D eigenvalue weighted by molar-refractivity contribution is 1.18. The van der Waals surface area contributed by atoms with Crippen molar-refractivity contribution < 1.29 is 0 Å². The minimum Gasteiger partial charge on any atom is -0.246 e. The van der Waals surface area contributed by atoms with Crippen LogP contribution in [0.5, 0.6) is 0 Å². The van der Waals surface area contributed by atoms with Gasteiger partial charge >= 0.3 is 0 Å². The van der Waals surface area contributed by atoms with Gasteiger partial charge in [-0.15, -0.1) is 0 Å². The second-order valence-electron chi connectivity index (χ2n) is 15.4. The largest absolute Gasteiger partial charge is 0.246 e. The first-order chi connectivity index (χ1) is 29.6. The molecule has 0 N–H and O–H groups in total. The maximum Gasteiger partial charge on any atom is 0.160 e. The molecule has 0 radical (unpaired) electrons. The molecule has 0 bridgehead atoms. The molecule has 0 atom stereocenters. The third-order valence-corrected chi connectivity index (χ3v) is 11.5. The number of pyridine rings is 3. The molecule has 60 heavy (non-hydrogen) atoms. The minimum atomic E-state index is 0.646. The summed E-state index contributed by atoms with van der Waals surface area (Å²) >= 11 is 0. The molecule has 8 aromatic carbocycles. The highest BCUT2D eigenvalue weighted by Gasteiger charge is 2.17. The number of hydrogen-bond donors (Lipinski definition) is 0. The van der Waals surface area contributed by atoms with Gasteiger partial charge in [-0.1, -0.05) is 133 Å². The average Bonchev–Trinajstić information content (AvgIpc) is 3.31. The molecule has 278 valence electrons. The van der Waals surface area contributed by atoms with Gasteiger partial charge in [-0.05, 0) is 110 Å². The standard InChI is InChI=1S/C55H33N5/c1-3-11-36-25-42(19-17-34(36)9-1)51-33-52(60-55(59-51)45-20-18-35-10-2-4-12-37(35)28-45)46-31-53(47-23-21-43-26-38-13-5-7-15-40(38)29-49(43)56-47)58-54(32-46)48-24-22-44-27-39-14-6-8-16-41(39)30-50(44)57-48/h1-33H. The number of nitrogens with zero attached hydrogens (tertiary/aromatic N) is 5. The molecule has 4 heterocycles. The summed E-state index contributed by atoms with van der Waals surface area (Å²) in [6, 6.07) is 70.0. The van der Waals surface area contributed by atoms with Gasteiger partial charge in [0, 0.05) is 27.5 Å². The zero-order valence-electron chi connectivity index (χ0n) is 32.3. The fourth-order valence-electron chi connectivity index (χ4n) is 8.40. The molecular formula is C55H33N5. The molecule has 12 rings (SSSR count). The SMILES string of the molecule is c1ccc2cc(-c3cc(-c4cc(-c5ccc6cc7ccccc7cc6n5)nc(-c5ccc6cc7ccccc7cc6n5)c4)nc(-c4ccc5ccccc5c4)n3)ccc2c1. The maximum absolute atomic E-state index is 5.33. The summed E-state index contributed by atoms with van der Waals surface area (Å²) in [6.45, 7) is 0. The molecule has 5 nitrogen and oxygen atoms in total. The molecule has 5 heteroatoms. The summed E-state index contributed by atoms with van der Waals surface area (Å²) in [7, 11) is 0. The number of hydrogen-bond acceptors (Lipinski definition) is 5. The van der Waals surface area contributed by atoms with Crippen molar-refractivity contribution in [3.8, 4) is 56.7 Å². The molecule has 12 aromatic rings. The number of aromatic nitrogens is 5. The molecule has 0 aliphatic rings. The van der Waals surface area contributed by atoms with Crippen LogP contribution in [0.1, 0.15) is 0 Å². The summed E-state index contributed by atoms with van der Waals surface area (Å²) in [4.78, 5) is 26.3. The van der Waals surface area contributed by atoms with Crippen molar-refractivity contribution in [1.82, 2.24) is 24.9 Å². The number of benzene rings is 8. The summed E-state index contributed by atoms with van der Waals surface area (Å²) in [5.41, 5.74) is 9.29. The molecule has 0 fully saturated rings. The molecule has 0 amide bonds. The van der Waals surface area contributed by atoms with Crippen molar-refractivity contribution in [2.24, 2.45) is 0 Å². The second-order valence-corrected chi connectivity index (χ2v) is 15.4. The van der Waals surface area contributed by atoms with Gasteiger partial charge in [0.2, 0.25) is 0 Å². The molecular weight excluding hydrogens is 731 g/mol. The predicted molar refractivity (Wildman–Crippen MR) is 248 cm³/mol. The number of rotatable bonds is 5. The van der Waals surface area contributed by atoms with Gasteiger partial charge in [0.1, 0.15) is 0 Å². The Kier molecular flexibility index (Phi) is 7.78. The Labute approximate surface area is 345 Å². The summed E-state index contributed by atoms with van der Waals surface area (Å²) < 4.78 is 0. The van der Waals surface area contributed by atoms with Crippen LogP contribution in [-0.4, -0.2) is 24.9 Å². The van der Waals surface area contributed by atoms with Crippen molar-refractivity contribution in [2.75, 3.05) is 0 Å². The molecule has 4 aromatic heterocycles. The van der Waals surface area contributed by atoms with Crippen molar-refractivity contribution in [3.05, 3.63) is 200 Å². The van der Waals surface area contributed by atoms with Crippen molar-refractivity contribution in [3.63, 3.8) is 0 Å². The second kappa shape index (κ2) is 13.8. The first-order valence-corrected chi connectivity index (χ1v) is 20.1. The van der Waals surface area contributed by atoms with Crippen LogP contribution in [0, 0.1) is 0 Å². The molecule has 0 unspecified atom stereocenters. The van der Waals surface area contributed by atoms with E-state index in [4.69, 9.17) is 24.9 Å². The first kappa shape index (κ1) is 33.9. The lowest BCUT2D eigenvalue weighted by Gasteiger charge is -2.13. The lowest BCUT2D eigenvalue weighted by atomic mass is 10.0. The minimum absolute atomic E-state index is 0.646. The van der Waals surface area contributed by atoms with Gasteiger partial charge in [-0.3, -0.25) is 0 Å². The first-order valence-electron chi connectivity index (χ1n) is 20.1. The highest BCUT2D eigenvalue weighted by molar-refractivity contribution is 5.99. The zero-order chi connectivity index (χ0) is 39.6. The zero-order valence-corrected chi connectivity index (χ0v) is 32.3. The van der Waals surface area contributed by atoms with E-state index < -0.39 is 0 Å². The van der Waals surface area contributed by atoms with E-state index in [1.165, 1.54) is 21.5 Å². The Balaban J connectivity index is 1.08. The topological polar surface area (TPSA) is 64.5 Å². The van der Waals surface area contributed by atoms with Crippen LogP contribution in [0.2, 0.25) is 0 Å². The summed E-state index contributed by atoms with van der Waals surface area (Å²) in [5.74, 6) is 0.646. The quantitative estimate of drug-likeness (QED) is 0.163. The molecule has 0 saturated heterocycles. The lowest BCUT2D eigenvalue weighted by Crippen LogP contribution is -1.99. The van der Waals surface area contributed by atoms with E-state index >= 15 is 0 Å². The fourth-order valence-corrected chi connectivity index (χ4v) is 8.40. The number of fused-ring (bicyclic) bond motifs is 6. The summed E-state index contributed by atoms with van der Waals surface area (Å²) in [5, 5.41) is 11.5. The van der Waals surface area contributed by atoms with Crippen LogP contribution in [0.25, 0.3) is 122 Å². The van der Waals surface area contributed by atoms with Crippen molar-refractivity contribution in [2.45, 2.75) is 0 Å². The monoisotopic (exact) mass is 763 g/mol. The van der Waals surface area contributed by atoms with Crippen molar-refractivity contribution >= 4 is 64.9 Å². The smallest absolute Gasteiger partial charge is 0.160 e. The highest BCUT2D eigenvalue weighted by atomic mass is 14.9. The van der Waals surface area contributed by atoms with Gasteiger partial charge in [-0.25, -0.2) is 24.9 Å². The van der Waals surface area contributed by atoms with Crippen LogP contribution in [0.4, 0.5) is 0 Å². The van der Waals surface area contributed by atoms with Crippen LogP contribution in [0.3, 0.4) is 0 Å².